The molecule has 1 saturated heterocycles. The average molecular weight is 384 g/mol. The van der Waals surface area contributed by atoms with Crippen LogP contribution < -0.4 is 0 Å². The van der Waals surface area contributed by atoms with Gasteiger partial charge in [-0.1, -0.05) is 56.1 Å². The van der Waals surface area contributed by atoms with Gasteiger partial charge in [0.05, 0.1) is 14.8 Å². The van der Waals surface area contributed by atoms with Crippen LogP contribution in [0.3, 0.4) is 0 Å². The summed E-state index contributed by atoms with van der Waals surface area (Å²) in [5.41, 5.74) is 4.94. The van der Waals surface area contributed by atoms with Crippen molar-refractivity contribution in [1.29, 1.82) is 0 Å². The summed E-state index contributed by atoms with van der Waals surface area (Å²) in [5, 5.41) is 10.8. The van der Waals surface area contributed by atoms with Gasteiger partial charge >= 0.3 is 0 Å². The summed E-state index contributed by atoms with van der Waals surface area (Å²) in [7, 11) is 0. The van der Waals surface area contributed by atoms with Crippen molar-refractivity contribution < 1.29 is 9.84 Å². The third-order valence-electron chi connectivity index (χ3n) is 5.16. The van der Waals surface area contributed by atoms with Crippen LogP contribution in [0.1, 0.15) is 17.5 Å². The van der Waals surface area contributed by atoms with Gasteiger partial charge in [-0.05, 0) is 35.1 Å². The molecule has 1 saturated carbocycles. The van der Waals surface area contributed by atoms with Gasteiger partial charge in [-0.3, -0.25) is 0 Å². The van der Waals surface area contributed by atoms with E-state index < -0.39 is 6.10 Å². The molecule has 0 unspecified atom stereocenters. The Morgan fingerprint density at radius 1 is 1.21 bits per heavy atom. The number of hydrogen-bond donors (Lipinski definition) is 1. The summed E-state index contributed by atoms with van der Waals surface area (Å²) in [4.78, 5) is 0. The van der Waals surface area contributed by atoms with Gasteiger partial charge in [-0.25, -0.2) is 0 Å². The Kier molecular flexibility index (Phi) is 1.93. The van der Waals surface area contributed by atoms with Crippen LogP contribution in [0.15, 0.2) is 29.8 Å². The predicted octanol–water partition coefficient (Wildman–Crippen LogP) is 2.81. The van der Waals surface area contributed by atoms with Gasteiger partial charge in [0.15, 0.2) is 0 Å². The lowest BCUT2D eigenvalue weighted by Gasteiger charge is -2.32. The molecule has 1 N–H and O–H groups in total. The molecule has 2 bridgehead atoms. The van der Waals surface area contributed by atoms with Gasteiger partial charge in [0.1, 0.15) is 12.2 Å². The predicted molar refractivity (Wildman–Crippen MR) is 79.7 cm³/mol. The highest BCUT2D eigenvalue weighted by atomic mass is 79.9. The lowest BCUT2D eigenvalue weighted by atomic mass is 9.93. The highest BCUT2D eigenvalue weighted by Gasteiger charge is 2.81. The molecule has 0 radical (unpaired) electrons. The number of aliphatic hydroxyl groups excluding tert-OH is 1. The van der Waals surface area contributed by atoms with Crippen LogP contribution in [0.2, 0.25) is 0 Å². The molecule has 2 heterocycles. The number of aliphatic hydroxyl groups is 1. The number of rotatable bonds is 0. The van der Waals surface area contributed by atoms with Crippen molar-refractivity contribution in [3.8, 4) is 0 Å². The zero-order valence-corrected chi connectivity index (χ0v) is 13.2. The van der Waals surface area contributed by atoms with E-state index in [1.54, 1.807) is 0 Å². The third-order valence-corrected chi connectivity index (χ3v) is 8.54. The van der Waals surface area contributed by atoms with Crippen LogP contribution in [-0.2, 0) is 11.2 Å². The Balaban J connectivity index is 1.73. The van der Waals surface area contributed by atoms with Crippen LogP contribution in [0.25, 0.3) is 5.57 Å². The van der Waals surface area contributed by atoms with E-state index in [2.05, 4.69) is 50.1 Å². The third kappa shape index (κ3) is 1.10. The highest BCUT2D eigenvalue weighted by Crippen LogP contribution is 2.74. The topological polar surface area (TPSA) is 29.5 Å². The van der Waals surface area contributed by atoms with Crippen LogP contribution in [0.4, 0.5) is 0 Å². The second-order valence-corrected chi connectivity index (χ2v) is 8.89. The standard InChI is InChI=1S/C15H12Br2O2/c16-14-6-15(14,17)13-11(18)10-8-4-2-1-3-7(8)5-9(10)12(14)19-13/h1-4,11-13,18H,5-6H2/t11-,12-,13+,14+,15-/m1/s1. The monoisotopic (exact) mass is 382 g/mol. The molecule has 1 aromatic carbocycles. The smallest absolute Gasteiger partial charge is 0.107 e. The van der Waals surface area contributed by atoms with E-state index >= 15 is 0 Å². The molecule has 2 aliphatic carbocycles. The van der Waals surface area contributed by atoms with Crippen molar-refractivity contribution >= 4 is 37.4 Å². The first-order valence-corrected chi connectivity index (χ1v) is 8.17. The van der Waals surface area contributed by atoms with Crippen molar-refractivity contribution in [2.45, 2.75) is 39.8 Å². The molecule has 19 heavy (non-hydrogen) atoms. The molecule has 2 aliphatic heterocycles. The van der Waals surface area contributed by atoms with Gasteiger partial charge in [0, 0.05) is 0 Å². The van der Waals surface area contributed by atoms with E-state index in [9.17, 15) is 5.11 Å². The van der Waals surface area contributed by atoms with E-state index in [1.165, 1.54) is 16.7 Å². The fraction of sp³-hybridized carbons (Fsp3) is 0.467. The molecule has 1 aromatic rings. The van der Waals surface area contributed by atoms with Crippen molar-refractivity contribution in [1.82, 2.24) is 0 Å². The zero-order chi connectivity index (χ0) is 13.0. The second-order valence-electron chi connectivity index (χ2n) is 6.06. The number of ether oxygens (including phenoxy) is 1. The minimum atomic E-state index is -0.517. The first-order valence-electron chi connectivity index (χ1n) is 6.59. The van der Waals surface area contributed by atoms with Crippen molar-refractivity contribution in [2.75, 3.05) is 0 Å². The minimum Gasteiger partial charge on any atom is -0.386 e. The summed E-state index contributed by atoms with van der Waals surface area (Å²) < 4.78 is 6.00. The Hall–Kier alpha value is -0.160. The van der Waals surface area contributed by atoms with Gasteiger partial charge in [-0.2, -0.15) is 0 Å². The lowest BCUT2D eigenvalue weighted by Crippen LogP contribution is -2.40. The fourth-order valence-electron chi connectivity index (χ4n) is 4.17. The maximum Gasteiger partial charge on any atom is 0.107 e. The number of halogens is 2. The number of alkyl halides is 2. The molecule has 0 aromatic heterocycles. The van der Waals surface area contributed by atoms with Crippen molar-refractivity contribution in [3.05, 3.63) is 41.0 Å². The molecule has 0 spiro atoms. The van der Waals surface area contributed by atoms with Gasteiger partial charge in [0.25, 0.3) is 0 Å². The molecule has 98 valence electrons. The molecular weight excluding hydrogens is 372 g/mol. The van der Waals surface area contributed by atoms with Gasteiger partial charge in [-0.15, -0.1) is 0 Å². The fourth-order valence-corrected chi connectivity index (χ4v) is 6.61. The van der Waals surface area contributed by atoms with Crippen molar-refractivity contribution in [3.63, 3.8) is 0 Å². The molecule has 2 nitrogen and oxygen atoms in total. The number of hydrogen-bond acceptors (Lipinski definition) is 2. The summed E-state index contributed by atoms with van der Waals surface area (Å²) in [6.07, 6.45) is 1.39. The quantitative estimate of drug-likeness (QED) is 0.698. The summed E-state index contributed by atoms with van der Waals surface area (Å²) >= 11 is 7.68. The Bertz CT molecular complexity index is 655. The Labute approximate surface area is 128 Å². The van der Waals surface area contributed by atoms with Crippen LogP contribution in [0.5, 0.6) is 0 Å². The lowest BCUT2D eigenvalue weighted by molar-refractivity contribution is -0.0279. The van der Waals surface area contributed by atoms with Crippen LogP contribution in [-0.4, -0.2) is 32.1 Å². The first-order chi connectivity index (χ1) is 9.06. The van der Waals surface area contributed by atoms with E-state index in [4.69, 9.17) is 4.74 Å². The number of benzene rings is 1. The first kappa shape index (κ1) is 11.5. The molecular formula is C15H12Br2O2. The second kappa shape index (κ2) is 3.19. The van der Waals surface area contributed by atoms with Crippen LogP contribution >= 0.6 is 31.9 Å². The van der Waals surface area contributed by atoms with Gasteiger partial charge in [0.2, 0.25) is 0 Å². The Morgan fingerprint density at radius 2 is 2.00 bits per heavy atom. The molecule has 5 atom stereocenters. The largest absolute Gasteiger partial charge is 0.386 e. The highest BCUT2D eigenvalue weighted by molar-refractivity contribution is 9.13. The van der Waals surface area contributed by atoms with E-state index in [1.807, 2.05) is 6.07 Å². The molecule has 2 fully saturated rings. The maximum atomic E-state index is 10.8. The molecule has 5 rings (SSSR count). The molecule has 0 amide bonds. The Morgan fingerprint density at radius 3 is 2.84 bits per heavy atom. The van der Waals surface area contributed by atoms with Crippen LogP contribution in [0, 0.1) is 0 Å². The van der Waals surface area contributed by atoms with E-state index in [0.717, 1.165) is 18.4 Å². The SMILES string of the molecule is O[C@@H]1C2=C(Cc3ccccc32)[C@H]2O[C@@H]1[C@]1(Br)C[C@]21Br. The summed E-state index contributed by atoms with van der Waals surface area (Å²) in [6.45, 7) is 0. The van der Waals surface area contributed by atoms with E-state index in [-0.39, 0.29) is 20.9 Å². The zero-order valence-electron chi connectivity index (χ0n) is 10.1. The average Bonchev–Trinajstić information content (AvgIpc) is 2.73. The normalized spacial score (nSPS) is 48.9. The summed E-state index contributed by atoms with van der Waals surface area (Å²) in [6, 6.07) is 8.40. The molecule has 4 heteroatoms. The van der Waals surface area contributed by atoms with Crippen molar-refractivity contribution in [2.24, 2.45) is 0 Å². The summed E-state index contributed by atoms with van der Waals surface area (Å²) in [5.74, 6) is 0. The maximum absolute atomic E-state index is 10.8. The van der Waals surface area contributed by atoms with E-state index in [0.29, 0.717) is 0 Å². The number of fused-ring (bicyclic) bond motifs is 8. The van der Waals surface area contributed by atoms with Gasteiger partial charge < -0.3 is 9.84 Å². The minimum absolute atomic E-state index is 0.0230. The molecule has 4 aliphatic rings.